The van der Waals surface area contributed by atoms with E-state index in [1.165, 1.54) is 25.9 Å². The van der Waals surface area contributed by atoms with Crippen LogP contribution >= 0.6 is 11.3 Å². The lowest BCUT2D eigenvalue weighted by molar-refractivity contribution is 0.106. The predicted octanol–water partition coefficient (Wildman–Crippen LogP) is 4.08. The minimum Gasteiger partial charge on any atom is -0.314 e. The lowest BCUT2D eigenvalue weighted by Gasteiger charge is -2.42. The molecule has 0 saturated heterocycles. The summed E-state index contributed by atoms with van der Waals surface area (Å²) in [5.41, 5.74) is 1.86. The zero-order chi connectivity index (χ0) is 14.8. The van der Waals surface area contributed by atoms with E-state index >= 15 is 0 Å². The summed E-state index contributed by atoms with van der Waals surface area (Å²) in [4.78, 5) is 4.27. The van der Waals surface area contributed by atoms with Gasteiger partial charge in [-0.05, 0) is 55.7 Å². The Morgan fingerprint density at radius 3 is 2.95 bits per heavy atom. The maximum absolute atomic E-state index is 3.67. The highest BCUT2D eigenvalue weighted by atomic mass is 32.1. The average Bonchev–Trinajstić information content (AvgIpc) is 2.88. The molecule has 0 fully saturated rings. The third-order valence-corrected chi connectivity index (χ3v) is 5.88. The Balaban J connectivity index is 1.99. The van der Waals surface area contributed by atoms with Gasteiger partial charge in [-0.15, -0.1) is 11.3 Å². The minimum absolute atomic E-state index is 0.303. The fraction of sp³-hybridized carbons (Fsp3) is 0.765. The Labute approximate surface area is 128 Å². The smallest absolute Gasteiger partial charge is 0.0331 e. The summed E-state index contributed by atoms with van der Waals surface area (Å²) in [6, 6.07) is 3.45. The fourth-order valence-corrected chi connectivity index (χ4v) is 4.04. The summed E-state index contributed by atoms with van der Waals surface area (Å²) >= 11 is 1.93. The van der Waals surface area contributed by atoms with Crippen molar-refractivity contribution in [3.05, 3.63) is 21.9 Å². The van der Waals surface area contributed by atoms with E-state index in [4.69, 9.17) is 0 Å². The second-order valence-corrected chi connectivity index (χ2v) is 7.86. The molecule has 2 nitrogen and oxygen atoms in total. The van der Waals surface area contributed by atoms with Crippen LogP contribution in [0.5, 0.6) is 0 Å². The molecule has 1 aromatic heterocycles. The summed E-state index contributed by atoms with van der Waals surface area (Å²) < 4.78 is 0. The van der Waals surface area contributed by atoms with Crippen molar-refractivity contribution < 1.29 is 0 Å². The molecule has 2 atom stereocenters. The van der Waals surface area contributed by atoms with Gasteiger partial charge in [-0.2, -0.15) is 0 Å². The highest BCUT2D eigenvalue weighted by molar-refractivity contribution is 7.10. The van der Waals surface area contributed by atoms with Crippen LogP contribution in [0.3, 0.4) is 0 Å². The van der Waals surface area contributed by atoms with Gasteiger partial charge in [-0.1, -0.05) is 20.8 Å². The second kappa shape index (κ2) is 6.59. The normalized spacial score (nSPS) is 21.8. The van der Waals surface area contributed by atoms with Gasteiger partial charge in [-0.25, -0.2) is 0 Å². The highest BCUT2D eigenvalue weighted by Gasteiger charge is 2.32. The van der Waals surface area contributed by atoms with E-state index in [0.29, 0.717) is 17.5 Å². The zero-order valence-electron chi connectivity index (χ0n) is 13.7. The first kappa shape index (κ1) is 16.0. The molecule has 0 radical (unpaired) electrons. The largest absolute Gasteiger partial charge is 0.314 e. The van der Waals surface area contributed by atoms with E-state index in [1.54, 1.807) is 10.4 Å². The number of thiophene rings is 1. The van der Waals surface area contributed by atoms with Gasteiger partial charge in [0.1, 0.15) is 0 Å². The van der Waals surface area contributed by atoms with Crippen LogP contribution < -0.4 is 5.32 Å². The van der Waals surface area contributed by atoms with Crippen LogP contribution in [0.25, 0.3) is 0 Å². The van der Waals surface area contributed by atoms with Crippen molar-refractivity contribution in [2.45, 2.75) is 59.5 Å². The van der Waals surface area contributed by atoms with Gasteiger partial charge in [0, 0.05) is 30.1 Å². The van der Waals surface area contributed by atoms with Crippen LogP contribution in [0.4, 0.5) is 0 Å². The molecule has 0 spiro atoms. The van der Waals surface area contributed by atoms with Gasteiger partial charge in [0.05, 0.1) is 0 Å². The minimum atomic E-state index is 0.303. The molecule has 2 rings (SSSR count). The molecule has 0 bridgehead atoms. The van der Waals surface area contributed by atoms with Gasteiger partial charge in [0.15, 0.2) is 0 Å². The Bertz CT molecular complexity index is 424. The first-order valence-corrected chi connectivity index (χ1v) is 8.87. The third kappa shape index (κ3) is 3.44. The monoisotopic (exact) mass is 294 g/mol. The van der Waals surface area contributed by atoms with E-state index in [0.717, 1.165) is 6.54 Å². The Hall–Kier alpha value is -0.380. The number of hydrogen-bond acceptors (Lipinski definition) is 3. The van der Waals surface area contributed by atoms with Gasteiger partial charge in [-0.3, -0.25) is 4.90 Å². The molecule has 3 heteroatoms. The van der Waals surface area contributed by atoms with Crippen LogP contribution in [0.2, 0.25) is 0 Å². The number of nitrogens with one attached hydrogen (secondary N) is 1. The SMILES string of the molecule is CCCNC(C)C(C)(C)CN1CCc2sccc2C1C. The van der Waals surface area contributed by atoms with Crippen LogP contribution in [-0.4, -0.2) is 30.6 Å². The zero-order valence-corrected chi connectivity index (χ0v) is 14.5. The Kier molecular flexibility index (Phi) is 5.27. The first-order valence-electron chi connectivity index (χ1n) is 7.99. The lowest BCUT2D eigenvalue weighted by Crippen LogP contribution is -2.48. The molecule has 2 unspecified atom stereocenters. The standard InChI is InChI=1S/C17H30N2S/c1-6-9-18-14(3)17(4,5)12-19-10-7-16-15(13(19)2)8-11-20-16/h8,11,13-14,18H,6-7,9-10,12H2,1-5H3. The highest BCUT2D eigenvalue weighted by Crippen LogP contribution is 2.35. The molecule has 114 valence electrons. The molecule has 0 aliphatic carbocycles. The van der Waals surface area contributed by atoms with Crippen molar-refractivity contribution in [3.8, 4) is 0 Å². The Morgan fingerprint density at radius 2 is 2.25 bits per heavy atom. The maximum atomic E-state index is 3.67. The lowest BCUT2D eigenvalue weighted by atomic mass is 9.83. The van der Waals surface area contributed by atoms with Crippen molar-refractivity contribution in [1.29, 1.82) is 0 Å². The summed E-state index contributed by atoms with van der Waals surface area (Å²) in [5, 5.41) is 5.92. The van der Waals surface area contributed by atoms with E-state index in [9.17, 15) is 0 Å². The van der Waals surface area contributed by atoms with E-state index in [2.05, 4.69) is 56.3 Å². The van der Waals surface area contributed by atoms with Crippen LogP contribution in [0.1, 0.15) is 57.5 Å². The molecular formula is C17H30N2S. The van der Waals surface area contributed by atoms with Crippen molar-refractivity contribution in [2.24, 2.45) is 5.41 Å². The summed E-state index contributed by atoms with van der Waals surface area (Å²) in [6.45, 7) is 15.2. The summed E-state index contributed by atoms with van der Waals surface area (Å²) in [5.74, 6) is 0. The molecule has 20 heavy (non-hydrogen) atoms. The average molecular weight is 295 g/mol. The van der Waals surface area contributed by atoms with Crippen molar-refractivity contribution in [3.63, 3.8) is 0 Å². The molecule has 1 N–H and O–H groups in total. The van der Waals surface area contributed by atoms with E-state index < -0.39 is 0 Å². The molecule has 2 heterocycles. The molecular weight excluding hydrogens is 264 g/mol. The van der Waals surface area contributed by atoms with Crippen molar-refractivity contribution in [2.75, 3.05) is 19.6 Å². The quantitative estimate of drug-likeness (QED) is 0.850. The molecule has 0 amide bonds. The topological polar surface area (TPSA) is 15.3 Å². The predicted molar refractivity (Wildman–Crippen MR) is 89.5 cm³/mol. The van der Waals surface area contributed by atoms with E-state index in [-0.39, 0.29) is 0 Å². The second-order valence-electron chi connectivity index (χ2n) is 6.86. The molecule has 1 aliphatic rings. The summed E-state index contributed by atoms with van der Waals surface area (Å²) in [6.07, 6.45) is 2.43. The third-order valence-electron chi connectivity index (χ3n) is 4.89. The maximum Gasteiger partial charge on any atom is 0.0331 e. The van der Waals surface area contributed by atoms with Crippen LogP contribution in [-0.2, 0) is 6.42 Å². The number of nitrogens with zero attached hydrogens (tertiary/aromatic N) is 1. The number of hydrogen-bond donors (Lipinski definition) is 1. The molecule has 0 aromatic carbocycles. The molecule has 1 aromatic rings. The summed E-state index contributed by atoms with van der Waals surface area (Å²) in [7, 11) is 0. The van der Waals surface area contributed by atoms with E-state index in [1.807, 2.05) is 11.3 Å². The van der Waals surface area contributed by atoms with Crippen LogP contribution in [0.15, 0.2) is 11.4 Å². The van der Waals surface area contributed by atoms with Crippen LogP contribution in [0, 0.1) is 5.41 Å². The molecule has 0 saturated carbocycles. The Morgan fingerprint density at radius 1 is 1.50 bits per heavy atom. The van der Waals surface area contributed by atoms with Gasteiger partial charge in [0.25, 0.3) is 0 Å². The molecule has 1 aliphatic heterocycles. The first-order chi connectivity index (χ1) is 9.45. The van der Waals surface area contributed by atoms with Crippen molar-refractivity contribution >= 4 is 11.3 Å². The number of fused-ring (bicyclic) bond motifs is 1. The number of rotatable bonds is 6. The van der Waals surface area contributed by atoms with Gasteiger partial charge in [0.2, 0.25) is 0 Å². The van der Waals surface area contributed by atoms with Crippen molar-refractivity contribution in [1.82, 2.24) is 10.2 Å². The van der Waals surface area contributed by atoms with Gasteiger partial charge >= 0.3 is 0 Å². The van der Waals surface area contributed by atoms with Gasteiger partial charge < -0.3 is 5.32 Å². The fourth-order valence-electron chi connectivity index (χ4n) is 3.07.